The summed E-state index contributed by atoms with van der Waals surface area (Å²) in [4.78, 5) is 16.4. The van der Waals surface area contributed by atoms with Crippen molar-refractivity contribution in [3.8, 4) is 5.75 Å². The molecule has 0 saturated carbocycles. The van der Waals surface area contributed by atoms with Gasteiger partial charge in [0.1, 0.15) is 10.6 Å². The number of esters is 1. The second kappa shape index (κ2) is 8.55. The van der Waals surface area contributed by atoms with Gasteiger partial charge < -0.3 is 8.92 Å². The lowest BCUT2D eigenvalue weighted by molar-refractivity contribution is -0.129. The molecule has 0 fully saturated rings. The van der Waals surface area contributed by atoms with Gasteiger partial charge in [-0.1, -0.05) is 53.5 Å². The summed E-state index contributed by atoms with van der Waals surface area (Å²) >= 11 is 12.0. The number of ether oxygens (including phenoxy) is 1. The molecule has 0 unspecified atom stereocenters. The number of cyclic esters (lactones) is 1. The van der Waals surface area contributed by atoms with Gasteiger partial charge in [0.05, 0.1) is 10.6 Å². The normalized spacial score (nSPS) is 15.0. The monoisotopic (exact) mass is 473 g/mol. The molecule has 1 aliphatic rings. The fourth-order valence-electron chi connectivity index (χ4n) is 2.73. The SMILES string of the molecule is O=C1OC(c2ccc(Cl)cc2Cl)=N/C1=C\c1ccc(OS(=O)(=O)c2ccccc2)cc1. The van der Waals surface area contributed by atoms with E-state index in [2.05, 4.69) is 4.99 Å². The molecule has 0 radical (unpaired) electrons. The second-order valence-corrected chi connectivity index (χ2v) is 8.77. The minimum absolute atomic E-state index is 0.0534. The Hall–Kier alpha value is -3.13. The fraction of sp³-hybridized carbons (Fsp3) is 0. The Morgan fingerprint density at radius 3 is 2.32 bits per heavy atom. The van der Waals surface area contributed by atoms with Crippen LogP contribution in [-0.2, 0) is 19.6 Å². The minimum Gasteiger partial charge on any atom is -0.402 e. The third-order valence-electron chi connectivity index (χ3n) is 4.20. The van der Waals surface area contributed by atoms with Crippen LogP contribution < -0.4 is 4.18 Å². The lowest BCUT2D eigenvalue weighted by Gasteiger charge is -2.07. The Morgan fingerprint density at radius 1 is 0.935 bits per heavy atom. The van der Waals surface area contributed by atoms with Crippen LogP contribution in [0.4, 0.5) is 0 Å². The van der Waals surface area contributed by atoms with Crippen molar-refractivity contribution in [1.82, 2.24) is 0 Å². The average Bonchev–Trinajstić information content (AvgIpc) is 3.10. The molecule has 156 valence electrons. The molecule has 0 aromatic heterocycles. The molecule has 0 amide bonds. The van der Waals surface area contributed by atoms with Crippen LogP contribution in [0.25, 0.3) is 6.08 Å². The maximum absolute atomic E-state index is 12.3. The fourth-order valence-corrected chi connectivity index (χ4v) is 4.17. The molecule has 4 rings (SSSR count). The second-order valence-electron chi connectivity index (χ2n) is 6.38. The van der Waals surface area contributed by atoms with E-state index in [1.54, 1.807) is 42.5 Å². The van der Waals surface area contributed by atoms with Crippen LogP contribution in [0.15, 0.2) is 88.4 Å². The molecule has 6 nitrogen and oxygen atoms in total. The third kappa shape index (κ3) is 4.80. The van der Waals surface area contributed by atoms with Gasteiger partial charge in [-0.25, -0.2) is 9.79 Å². The lowest BCUT2D eigenvalue weighted by Crippen LogP contribution is -2.09. The van der Waals surface area contributed by atoms with Gasteiger partial charge in [-0.05, 0) is 54.1 Å². The van der Waals surface area contributed by atoms with E-state index < -0.39 is 16.1 Å². The van der Waals surface area contributed by atoms with Crippen molar-refractivity contribution in [2.45, 2.75) is 4.90 Å². The van der Waals surface area contributed by atoms with Crippen LogP contribution in [0.2, 0.25) is 10.0 Å². The zero-order chi connectivity index (χ0) is 22.0. The van der Waals surface area contributed by atoms with Gasteiger partial charge in [0.2, 0.25) is 5.90 Å². The molecule has 0 N–H and O–H groups in total. The van der Waals surface area contributed by atoms with Crippen molar-refractivity contribution in [1.29, 1.82) is 0 Å². The summed E-state index contributed by atoms with van der Waals surface area (Å²) in [7, 11) is -3.94. The van der Waals surface area contributed by atoms with Crippen LogP contribution in [0.1, 0.15) is 11.1 Å². The van der Waals surface area contributed by atoms with Crippen LogP contribution in [-0.4, -0.2) is 20.3 Å². The largest absolute Gasteiger partial charge is 0.402 e. The summed E-state index contributed by atoms with van der Waals surface area (Å²) < 4.78 is 34.9. The van der Waals surface area contributed by atoms with E-state index in [4.69, 9.17) is 32.1 Å². The number of hydrogen-bond acceptors (Lipinski definition) is 6. The molecule has 3 aromatic carbocycles. The summed E-state index contributed by atoms with van der Waals surface area (Å²) in [6, 6.07) is 18.7. The Balaban J connectivity index is 1.54. The molecule has 9 heteroatoms. The molecule has 1 heterocycles. The van der Waals surface area contributed by atoms with Gasteiger partial charge in [-0.15, -0.1) is 0 Å². The molecule has 0 bridgehead atoms. The van der Waals surface area contributed by atoms with Gasteiger partial charge >= 0.3 is 16.1 Å². The highest BCUT2D eigenvalue weighted by molar-refractivity contribution is 7.87. The quantitative estimate of drug-likeness (QED) is 0.292. The first-order valence-electron chi connectivity index (χ1n) is 8.89. The van der Waals surface area contributed by atoms with Gasteiger partial charge in [-0.3, -0.25) is 0 Å². The van der Waals surface area contributed by atoms with Gasteiger partial charge in [-0.2, -0.15) is 8.42 Å². The topological polar surface area (TPSA) is 82.0 Å². The summed E-state index contributed by atoms with van der Waals surface area (Å²) in [6.07, 6.45) is 1.51. The van der Waals surface area contributed by atoms with Crippen molar-refractivity contribution in [2.24, 2.45) is 4.99 Å². The van der Waals surface area contributed by atoms with Crippen LogP contribution >= 0.6 is 23.2 Å². The molecule has 0 aliphatic carbocycles. The van der Waals surface area contributed by atoms with Crippen molar-refractivity contribution in [2.75, 3.05) is 0 Å². The number of benzene rings is 3. The highest BCUT2D eigenvalue weighted by atomic mass is 35.5. The lowest BCUT2D eigenvalue weighted by atomic mass is 10.2. The number of nitrogens with zero attached hydrogens (tertiary/aromatic N) is 1. The van der Waals surface area contributed by atoms with Gasteiger partial charge in [0.25, 0.3) is 0 Å². The predicted molar refractivity (Wildman–Crippen MR) is 118 cm³/mol. The number of hydrogen-bond donors (Lipinski definition) is 0. The van der Waals surface area contributed by atoms with Crippen LogP contribution in [0.3, 0.4) is 0 Å². The van der Waals surface area contributed by atoms with E-state index in [1.807, 2.05) is 0 Å². The van der Waals surface area contributed by atoms with Crippen molar-refractivity contribution in [3.05, 3.63) is 99.7 Å². The van der Waals surface area contributed by atoms with Gasteiger partial charge in [0, 0.05) is 5.02 Å². The Labute approximate surface area is 188 Å². The Kier molecular flexibility index (Phi) is 5.82. The molecule has 1 aliphatic heterocycles. The van der Waals surface area contributed by atoms with Crippen molar-refractivity contribution in [3.63, 3.8) is 0 Å². The standard InChI is InChI=1S/C22H13Cl2NO5S/c23-15-8-11-18(19(24)13-15)21-25-20(22(26)29-21)12-14-6-9-16(10-7-14)30-31(27,28)17-4-2-1-3-5-17/h1-13H/b20-12-. The number of aliphatic imine (C=N–C) groups is 1. The summed E-state index contributed by atoms with van der Waals surface area (Å²) in [5, 5.41) is 0.757. The van der Waals surface area contributed by atoms with E-state index in [0.717, 1.165) is 0 Å². The van der Waals surface area contributed by atoms with Crippen LogP contribution in [0.5, 0.6) is 5.75 Å². The Morgan fingerprint density at radius 2 is 1.65 bits per heavy atom. The zero-order valence-corrected chi connectivity index (χ0v) is 18.0. The molecule has 0 spiro atoms. The third-order valence-corrected chi connectivity index (χ3v) is 6.01. The van der Waals surface area contributed by atoms with Crippen LogP contribution in [0, 0.1) is 0 Å². The molecule has 3 aromatic rings. The maximum Gasteiger partial charge on any atom is 0.363 e. The van der Waals surface area contributed by atoms with E-state index in [0.29, 0.717) is 21.2 Å². The van der Waals surface area contributed by atoms with Gasteiger partial charge in [0.15, 0.2) is 5.70 Å². The summed E-state index contributed by atoms with van der Waals surface area (Å²) in [5.41, 5.74) is 1.12. The summed E-state index contributed by atoms with van der Waals surface area (Å²) in [5.74, 6) is -0.419. The number of halogens is 2. The van der Waals surface area contributed by atoms with E-state index in [9.17, 15) is 13.2 Å². The average molecular weight is 474 g/mol. The molecular weight excluding hydrogens is 461 g/mol. The molecular formula is C22H13Cl2NO5S. The van der Waals surface area contributed by atoms with Crippen molar-refractivity contribution >= 4 is 51.3 Å². The first-order valence-corrected chi connectivity index (χ1v) is 11.1. The maximum atomic E-state index is 12.3. The molecule has 0 saturated heterocycles. The van der Waals surface area contributed by atoms with E-state index in [1.165, 1.54) is 36.4 Å². The summed E-state index contributed by atoms with van der Waals surface area (Å²) in [6.45, 7) is 0. The first kappa shape index (κ1) is 21.1. The predicted octanol–water partition coefficient (Wildman–Crippen LogP) is 5.11. The first-order chi connectivity index (χ1) is 14.8. The number of carbonyl (C=O) groups excluding carboxylic acids is 1. The smallest absolute Gasteiger partial charge is 0.363 e. The highest BCUT2D eigenvalue weighted by Crippen LogP contribution is 2.27. The molecule has 0 atom stereocenters. The Bertz CT molecular complexity index is 1320. The number of rotatable bonds is 5. The zero-order valence-electron chi connectivity index (χ0n) is 15.7. The van der Waals surface area contributed by atoms with E-state index in [-0.39, 0.29) is 22.2 Å². The minimum atomic E-state index is -3.94. The van der Waals surface area contributed by atoms with Crippen molar-refractivity contribution < 1.29 is 22.1 Å². The highest BCUT2D eigenvalue weighted by Gasteiger charge is 2.25. The van der Waals surface area contributed by atoms with E-state index >= 15 is 0 Å². The number of carbonyl (C=O) groups is 1. The molecule has 31 heavy (non-hydrogen) atoms.